The molecule has 3 N–H and O–H groups in total. The van der Waals surface area contributed by atoms with Gasteiger partial charge in [-0.3, -0.25) is 4.99 Å². The summed E-state index contributed by atoms with van der Waals surface area (Å²) in [7, 11) is 1.76. The summed E-state index contributed by atoms with van der Waals surface area (Å²) >= 11 is 9.59. The Morgan fingerprint density at radius 1 is 1.44 bits per heavy atom. The van der Waals surface area contributed by atoms with E-state index in [4.69, 9.17) is 16.3 Å². The molecule has 2 rings (SSSR count). The van der Waals surface area contributed by atoms with Gasteiger partial charge in [0.2, 0.25) is 0 Å². The fourth-order valence-electron chi connectivity index (χ4n) is 2.85. The van der Waals surface area contributed by atoms with Crippen LogP contribution in [0.25, 0.3) is 0 Å². The van der Waals surface area contributed by atoms with Gasteiger partial charge in [0.15, 0.2) is 5.96 Å². The molecule has 0 spiro atoms. The largest absolute Gasteiger partial charge is 0.396 e. The number of aliphatic hydroxyl groups excluding tert-OH is 1. The Kier molecular flexibility index (Phi) is 10.6. The van der Waals surface area contributed by atoms with E-state index in [1.807, 2.05) is 18.2 Å². The van der Waals surface area contributed by atoms with Crippen LogP contribution >= 0.6 is 51.5 Å². The molecule has 1 unspecified atom stereocenters. The highest BCUT2D eigenvalue weighted by Gasteiger charge is 2.34. The first-order valence-corrected chi connectivity index (χ1v) is 9.33. The van der Waals surface area contributed by atoms with Crippen LogP contribution in [0.1, 0.15) is 18.4 Å². The predicted molar refractivity (Wildman–Crippen MR) is 117 cm³/mol. The van der Waals surface area contributed by atoms with Crippen molar-refractivity contribution in [3.8, 4) is 0 Å². The molecule has 0 bridgehead atoms. The molecule has 142 valence electrons. The lowest BCUT2D eigenvalue weighted by molar-refractivity contribution is 0.127. The Hall–Kier alpha value is -0.0900. The maximum Gasteiger partial charge on any atom is 0.191 e. The fourth-order valence-corrected chi connectivity index (χ4v) is 3.49. The summed E-state index contributed by atoms with van der Waals surface area (Å²) in [6, 6.07) is 5.80. The van der Waals surface area contributed by atoms with Crippen molar-refractivity contribution in [2.45, 2.75) is 19.3 Å². The van der Waals surface area contributed by atoms with Crippen LogP contribution in [0.4, 0.5) is 0 Å². The molecule has 0 radical (unpaired) electrons. The van der Waals surface area contributed by atoms with E-state index in [9.17, 15) is 5.11 Å². The van der Waals surface area contributed by atoms with E-state index in [0.29, 0.717) is 6.61 Å². The number of hydrogen-bond acceptors (Lipinski definition) is 3. The molecule has 1 aliphatic heterocycles. The number of guanidine groups is 1. The van der Waals surface area contributed by atoms with Crippen molar-refractivity contribution in [2.75, 3.05) is 40.0 Å². The average Bonchev–Trinajstić information content (AvgIpc) is 3.03. The Labute approximate surface area is 180 Å². The van der Waals surface area contributed by atoms with E-state index in [2.05, 4.69) is 31.6 Å². The van der Waals surface area contributed by atoms with Crippen molar-refractivity contribution in [1.29, 1.82) is 0 Å². The molecular formula is C17H26BrClIN3O2. The van der Waals surface area contributed by atoms with Gasteiger partial charge in [-0.15, -0.1) is 24.0 Å². The van der Waals surface area contributed by atoms with Gasteiger partial charge in [0.25, 0.3) is 0 Å². The number of aliphatic hydroxyl groups is 1. The first-order chi connectivity index (χ1) is 11.6. The van der Waals surface area contributed by atoms with Crippen LogP contribution in [0.2, 0.25) is 5.02 Å². The first-order valence-electron chi connectivity index (χ1n) is 8.16. The molecule has 1 aromatic carbocycles. The number of rotatable bonds is 7. The first kappa shape index (κ1) is 23.0. The lowest BCUT2D eigenvalue weighted by Crippen LogP contribution is -2.45. The highest BCUT2D eigenvalue weighted by atomic mass is 127. The fraction of sp³-hybridized carbons (Fsp3) is 0.588. The molecule has 1 fully saturated rings. The van der Waals surface area contributed by atoms with Crippen molar-refractivity contribution < 1.29 is 9.84 Å². The second-order valence-corrected chi connectivity index (χ2v) is 7.41. The second kappa shape index (κ2) is 11.6. The number of ether oxygens (including phenoxy) is 1. The Morgan fingerprint density at radius 2 is 2.24 bits per heavy atom. The summed E-state index contributed by atoms with van der Waals surface area (Å²) in [6.45, 7) is 3.12. The quantitative estimate of drug-likeness (QED) is 0.279. The third-order valence-electron chi connectivity index (χ3n) is 4.38. The van der Waals surface area contributed by atoms with Gasteiger partial charge in [0, 0.05) is 48.3 Å². The van der Waals surface area contributed by atoms with Gasteiger partial charge in [-0.1, -0.05) is 27.5 Å². The maximum atomic E-state index is 9.29. The lowest BCUT2D eigenvalue weighted by Gasteiger charge is -2.27. The van der Waals surface area contributed by atoms with E-state index < -0.39 is 0 Å². The molecule has 1 aliphatic rings. The summed E-state index contributed by atoms with van der Waals surface area (Å²) in [6.07, 6.45) is 2.55. The summed E-state index contributed by atoms with van der Waals surface area (Å²) in [4.78, 5) is 4.26. The van der Waals surface area contributed by atoms with Crippen LogP contribution in [0.15, 0.2) is 27.7 Å². The number of halogens is 3. The van der Waals surface area contributed by atoms with Crippen LogP contribution in [0.5, 0.6) is 0 Å². The minimum Gasteiger partial charge on any atom is -0.396 e. The molecular weight excluding hydrogens is 520 g/mol. The van der Waals surface area contributed by atoms with Crippen molar-refractivity contribution in [3.63, 3.8) is 0 Å². The topological polar surface area (TPSA) is 65.9 Å². The van der Waals surface area contributed by atoms with E-state index in [1.165, 1.54) is 0 Å². The summed E-state index contributed by atoms with van der Waals surface area (Å²) < 4.78 is 6.57. The summed E-state index contributed by atoms with van der Waals surface area (Å²) in [5.41, 5.74) is 1.16. The molecule has 25 heavy (non-hydrogen) atoms. The van der Waals surface area contributed by atoms with Gasteiger partial charge in [0.1, 0.15) is 0 Å². The molecule has 5 nitrogen and oxygen atoms in total. The molecule has 1 aromatic rings. The van der Waals surface area contributed by atoms with Crippen LogP contribution in [-0.2, 0) is 11.2 Å². The minimum absolute atomic E-state index is 0. The van der Waals surface area contributed by atoms with Crippen molar-refractivity contribution in [1.82, 2.24) is 10.6 Å². The highest BCUT2D eigenvalue weighted by Crippen LogP contribution is 2.31. The van der Waals surface area contributed by atoms with Gasteiger partial charge in [-0.2, -0.15) is 0 Å². The van der Waals surface area contributed by atoms with Crippen LogP contribution in [0.3, 0.4) is 0 Å². The lowest BCUT2D eigenvalue weighted by atomic mass is 9.84. The molecule has 0 aromatic heterocycles. The number of aliphatic imine (C=N–C) groups is 1. The van der Waals surface area contributed by atoms with Crippen LogP contribution in [0, 0.1) is 5.41 Å². The zero-order valence-electron chi connectivity index (χ0n) is 14.4. The van der Waals surface area contributed by atoms with Crippen molar-refractivity contribution in [3.05, 3.63) is 33.3 Å². The Bertz CT molecular complexity index is 569. The van der Waals surface area contributed by atoms with Gasteiger partial charge in [0.05, 0.1) is 6.61 Å². The molecule has 8 heteroatoms. The molecule has 1 saturated heterocycles. The number of nitrogens with one attached hydrogen (secondary N) is 2. The monoisotopic (exact) mass is 545 g/mol. The van der Waals surface area contributed by atoms with Crippen LogP contribution in [-0.4, -0.2) is 51.0 Å². The third-order valence-corrected chi connectivity index (χ3v) is 5.38. The van der Waals surface area contributed by atoms with Crippen molar-refractivity contribution >= 4 is 57.5 Å². The molecule has 0 aliphatic carbocycles. The van der Waals surface area contributed by atoms with E-state index in [0.717, 1.165) is 60.0 Å². The van der Waals surface area contributed by atoms with Crippen molar-refractivity contribution in [2.24, 2.45) is 10.4 Å². The second-order valence-electron chi connectivity index (χ2n) is 6.11. The SMILES string of the molecule is CN=C(NCCc1cc(Cl)ccc1Br)NCC1(CCO)CCOC1.I. The summed E-state index contributed by atoms with van der Waals surface area (Å²) in [5, 5.41) is 16.7. The minimum atomic E-state index is 0. The van der Waals surface area contributed by atoms with Gasteiger partial charge >= 0.3 is 0 Å². The smallest absolute Gasteiger partial charge is 0.191 e. The zero-order valence-corrected chi connectivity index (χ0v) is 19.0. The highest BCUT2D eigenvalue weighted by molar-refractivity contribution is 14.0. The Balaban J connectivity index is 0.00000312. The third kappa shape index (κ3) is 7.21. The molecule has 0 amide bonds. The van der Waals surface area contributed by atoms with Gasteiger partial charge in [-0.25, -0.2) is 0 Å². The normalized spacial score (nSPS) is 20.2. The predicted octanol–water partition coefficient (Wildman–Crippen LogP) is 3.22. The van der Waals surface area contributed by atoms with Gasteiger partial charge < -0.3 is 20.5 Å². The molecule has 1 heterocycles. The number of nitrogens with zero attached hydrogens (tertiary/aromatic N) is 1. The number of benzene rings is 1. The zero-order chi connectivity index (χ0) is 17.4. The van der Waals surface area contributed by atoms with E-state index in [-0.39, 0.29) is 36.0 Å². The maximum absolute atomic E-state index is 9.29. The Morgan fingerprint density at radius 3 is 2.88 bits per heavy atom. The summed E-state index contributed by atoms with van der Waals surface area (Å²) in [5.74, 6) is 0.761. The van der Waals surface area contributed by atoms with Crippen LogP contribution < -0.4 is 10.6 Å². The molecule has 1 atom stereocenters. The number of hydrogen-bond donors (Lipinski definition) is 3. The molecule has 0 saturated carbocycles. The average molecular weight is 547 g/mol. The van der Waals surface area contributed by atoms with E-state index in [1.54, 1.807) is 7.05 Å². The van der Waals surface area contributed by atoms with E-state index >= 15 is 0 Å². The van der Waals surface area contributed by atoms with Gasteiger partial charge in [-0.05, 0) is 43.0 Å². The standard InChI is InChI=1S/C17H25BrClN3O2.HI/c1-20-16(22-11-17(5-8-23)6-9-24-12-17)21-7-4-13-10-14(19)2-3-15(13)18;/h2-3,10,23H,4-9,11-12H2,1H3,(H2,20,21,22);1H.